The molecule has 1 N–H and O–H groups in total. The van der Waals surface area contributed by atoms with Crippen molar-refractivity contribution in [2.24, 2.45) is 0 Å². The van der Waals surface area contributed by atoms with Gasteiger partial charge in [0.05, 0.1) is 12.8 Å². The third-order valence-corrected chi connectivity index (χ3v) is 0.474. The van der Waals surface area contributed by atoms with Crippen molar-refractivity contribution >= 4 is 16.5 Å². The van der Waals surface area contributed by atoms with Crippen molar-refractivity contribution in [2.45, 2.75) is 0 Å². The summed E-state index contributed by atoms with van der Waals surface area (Å²) >= 11 is 0. The monoisotopic (exact) mass is 166 g/mol. The predicted octanol–water partition coefficient (Wildman–Crippen LogP) is 0.886. The molecule has 0 rings (SSSR count). The van der Waals surface area contributed by atoms with Crippen LogP contribution in [0, 0.1) is 0 Å². The fourth-order valence-corrected chi connectivity index (χ4v) is 0. The van der Waals surface area contributed by atoms with Gasteiger partial charge in [-0.3, -0.25) is 0 Å². The van der Waals surface area contributed by atoms with Gasteiger partial charge in [0.25, 0.3) is 0 Å². The van der Waals surface area contributed by atoms with Crippen LogP contribution in [0.5, 0.6) is 0 Å². The highest BCUT2D eigenvalue weighted by Gasteiger charge is 2.20. The van der Waals surface area contributed by atoms with Gasteiger partial charge in [-0.05, 0) is 9.24 Å². The van der Waals surface area contributed by atoms with Crippen LogP contribution in [-0.2, 0) is 0 Å². The predicted molar refractivity (Wildman–Crippen MR) is 33.2 cm³/mol. The molecule has 0 radical (unpaired) electrons. The van der Waals surface area contributed by atoms with Crippen molar-refractivity contribution in [3.8, 4) is 0 Å². The molecule has 0 aromatic carbocycles. The highest BCUT2D eigenvalue weighted by Crippen LogP contribution is 2.06. The minimum absolute atomic E-state index is 0.332. The first-order valence-electron chi connectivity index (χ1n) is 2.19. The van der Waals surface area contributed by atoms with Gasteiger partial charge >= 0.3 is 7.25 Å². The number of aliphatic hydroxyl groups excluding tert-OH is 1. The fraction of sp³-hybridized carbons (Fsp3) is 1.00. The van der Waals surface area contributed by atoms with Crippen LogP contribution in [-0.4, -0.2) is 25.1 Å². The first kappa shape index (κ1) is 11.9. The number of hydrogen-bond donors (Lipinski definition) is 1. The molecular weight excluding hydrogens is 158 g/mol. The van der Waals surface area contributed by atoms with Crippen LogP contribution in [0.3, 0.4) is 0 Å². The van der Waals surface area contributed by atoms with E-state index in [9.17, 15) is 17.3 Å². The summed E-state index contributed by atoms with van der Waals surface area (Å²) in [6.45, 7) is 0.332. The Morgan fingerprint density at radius 2 is 1.33 bits per heavy atom. The van der Waals surface area contributed by atoms with Crippen LogP contribution in [0.15, 0.2) is 0 Å². The second-order valence-electron chi connectivity index (χ2n) is 1.07. The molecule has 58 valence electrons. The van der Waals surface area contributed by atoms with Gasteiger partial charge in [0.1, 0.15) is 0 Å². The topological polar surface area (TPSA) is 20.2 Å². The molecular formula is C2H8BF4OP. The van der Waals surface area contributed by atoms with Gasteiger partial charge in [0.2, 0.25) is 0 Å². The van der Waals surface area contributed by atoms with Crippen molar-refractivity contribution < 1.29 is 22.4 Å². The third kappa shape index (κ3) is 226. The van der Waals surface area contributed by atoms with Gasteiger partial charge < -0.3 is 22.4 Å². The molecule has 0 spiro atoms. The maximum absolute atomic E-state index is 9.75. The van der Waals surface area contributed by atoms with E-state index < -0.39 is 7.25 Å². The zero-order valence-corrected chi connectivity index (χ0v) is 6.07. The van der Waals surface area contributed by atoms with E-state index >= 15 is 0 Å². The molecule has 0 aliphatic carbocycles. The quantitative estimate of drug-likeness (QED) is 0.348. The summed E-state index contributed by atoms with van der Waals surface area (Å²) in [5.74, 6) is 0. The Morgan fingerprint density at radius 3 is 1.33 bits per heavy atom. The SMILES string of the molecule is F[B-](F)(F)F.OCC[PH3+]. The van der Waals surface area contributed by atoms with Crippen molar-refractivity contribution in [1.82, 2.24) is 0 Å². The van der Waals surface area contributed by atoms with Gasteiger partial charge in [0.15, 0.2) is 0 Å². The molecule has 0 aliphatic heterocycles. The normalized spacial score (nSPS) is 10.3. The Bertz CT molecular complexity index is 49.0. The molecule has 0 amide bonds. The second-order valence-corrected chi connectivity index (χ2v) is 1.78. The molecule has 0 aliphatic rings. The molecule has 9 heavy (non-hydrogen) atoms. The minimum Gasteiger partial charge on any atom is -0.418 e. The molecule has 0 fully saturated rings. The van der Waals surface area contributed by atoms with Gasteiger partial charge in [0, 0.05) is 0 Å². The molecule has 1 atom stereocenters. The molecule has 1 unspecified atom stereocenters. The minimum atomic E-state index is -6.00. The average molecular weight is 166 g/mol. The van der Waals surface area contributed by atoms with Crippen molar-refractivity contribution in [3.05, 3.63) is 0 Å². The van der Waals surface area contributed by atoms with Crippen LogP contribution in [0.1, 0.15) is 0 Å². The molecule has 0 aromatic rings. The van der Waals surface area contributed by atoms with Crippen molar-refractivity contribution in [3.63, 3.8) is 0 Å². The molecule has 0 heterocycles. The number of rotatable bonds is 1. The maximum Gasteiger partial charge on any atom is 0.673 e. The largest absolute Gasteiger partial charge is 0.673 e. The van der Waals surface area contributed by atoms with Gasteiger partial charge in [-0.2, -0.15) is 0 Å². The van der Waals surface area contributed by atoms with Crippen molar-refractivity contribution in [2.75, 3.05) is 12.8 Å². The van der Waals surface area contributed by atoms with E-state index in [4.69, 9.17) is 5.11 Å². The summed E-state index contributed by atoms with van der Waals surface area (Å²) in [7, 11) is -4.23. The van der Waals surface area contributed by atoms with Crippen LogP contribution < -0.4 is 0 Å². The fourth-order valence-electron chi connectivity index (χ4n) is 0. The van der Waals surface area contributed by atoms with E-state index in [0.29, 0.717) is 6.61 Å². The second kappa shape index (κ2) is 6.30. The van der Waals surface area contributed by atoms with E-state index in [1.165, 1.54) is 0 Å². The standard InChI is InChI=1S/C2H7OP.BF4/c3-1-2-4;2-1(3,4)5/h3H,1-2,4H2;/q;-1/p+1. The summed E-state index contributed by atoms with van der Waals surface area (Å²) < 4.78 is 39.0. The number of halogens is 4. The highest BCUT2D eigenvalue weighted by molar-refractivity contribution is 7.16. The Morgan fingerprint density at radius 1 is 1.22 bits per heavy atom. The summed E-state index contributed by atoms with van der Waals surface area (Å²) in [6, 6.07) is 0. The summed E-state index contributed by atoms with van der Waals surface area (Å²) in [6.07, 6.45) is 0.903. The molecule has 0 saturated heterocycles. The third-order valence-electron chi connectivity index (χ3n) is 0.158. The van der Waals surface area contributed by atoms with Crippen LogP contribution in [0.4, 0.5) is 17.3 Å². The van der Waals surface area contributed by atoms with Crippen molar-refractivity contribution in [1.29, 1.82) is 0 Å². The van der Waals surface area contributed by atoms with Crippen LogP contribution >= 0.6 is 9.24 Å². The first-order valence-corrected chi connectivity index (χ1v) is 3.19. The molecule has 7 heteroatoms. The summed E-state index contributed by atoms with van der Waals surface area (Å²) in [5.41, 5.74) is 0. The van der Waals surface area contributed by atoms with Crippen LogP contribution in [0.2, 0.25) is 0 Å². The highest BCUT2D eigenvalue weighted by atomic mass is 31.0. The molecule has 1 nitrogen and oxygen atoms in total. The lowest BCUT2D eigenvalue weighted by Gasteiger charge is -1.94. The lowest BCUT2D eigenvalue weighted by atomic mass is 10.3. The van der Waals surface area contributed by atoms with E-state index in [1.54, 1.807) is 9.24 Å². The Balaban J connectivity index is 0. The Hall–Kier alpha value is 0.175. The molecule has 0 saturated carbocycles. The molecule has 0 bridgehead atoms. The Labute approximate surface area is 52.8 Å². The van der Waals surface area contributed by atoms with Gasteiger partial charge in [-0.15, -0.1) is 0 Å². The van der Waals surface area contributed by atoms with Crippen LogP contribution in [0.25, 0.3) is 0 Å². The zero-order chi connectivity index (χ0) is 7.91. The summed E-state index contributed by atoms with van der Waals surface area (Å²) in [4.78, 5) is 0. The first-order chi connectivity index (χ1) is 3.91. The average Bonchev–Trinajstić information content (AvgIpc) is 1.61. The molecule has 0 aromatic heterocycles. The summed E-state index contributed by atoms with van der Waals surface area (Å²) in [5, 5.41) is 7.88. The van der Waals surface area contributed by atoms with E-state index in [-0.39, 0.29) is 0 Å². The lowest BCUT2D eigenvalue weighted by Crippen LogP contribution is -2.02. The van der Waals surface area contributed by atoms with E-state index in [1.807, 2.05) is 0 Å². The zero-order valence-electron chi connectivity index (χ0n) is 4.66. The maximum atomic E-state index is 9.75. The Kier molecular flexibility index (Phi) is 8.33. The number of aliphatic hydroxyl groups is 1. The van der Waals surface area contributed by atoms with E-state index in [2.05, 4.69) is 0 Å². The lowest BCUT2D eigenvalue weighted by molar-refractivity contribution is 0.322. The smallest absolute Gasteiger partial charge is 0.418 e. The van der Waals surface area contributed by atoms with Gasteiger partial charge in [-0.1, -0.05) is 0 Å². The number of hydrogen-bond acceptors (Lipinski definition) is 1. The van der Waals surface area contributed by atoms with Gasteiger partial charge in [-0.25, -0.2) is 0 Å². The van der Waals surface area contributed by atoms with E-state index in [0.717, 1.165) is 6.16 Å².